The molecule has 5 aromatic rings. The van der Waals surface area contributed by atoms with Crippen molar-refractivity contribution in [3.05, 3.63) is 93.7 Å². The van der Waals surface area contributed by atoms with E-state index in [1.165, 1.54) is 23.9 Å². The van der Waals surface area contributed by atoms with E-state index < -0.39 is 0 Å². The van der Waals surface area contributed by atoms with Gasteiger partial charge >= 0.3 is 0 Å². The van der Waals surface area contributed by atoms with E-state index in [1.807, 2.05) is 30.3 Å². The van der Waals surface area contributed by atoms with Crippen LogP contribution in [0.4, 0.5) is 4.39 Å². The van der Waals surface area contributed by atoms with E-state index in [9.17, 15) is 4.39 Å². The lowest BCUT2D eigenvalue weighted by atomic mass is 10.2. The van der Waals surface area contributed by atoms with Crippen LogP contribution >= 0.6 is 27.7 Å². The zero-order chi connectivity index (χ0) is 22.1. The molecule has 5 nitrogen and oxygen atoms in total. The molecule has 0 radical (unpaired) electrons. The third-order valence-electron chi connectivity index (χ3n) is 5.11. The highest BCUT2D eigenvalue weighted by molar-refractivity contribution is 9.10. The Morgan fingerprint density at radius 2 is 1.72 bits per heavy atom. The average Bonchev–Trinajstić information content (AvgIpc) is 3.11. The minimum absolute atomic E-state index is 0.259. The number of nitrogens with zero attached hydrogens (tertiary/aromatic N) is 5. The predicted molar refractivity (Wildman–Crippen MR) is 127 cm³/mol. The van der Waals surface area contributed by atoms with E-state index in [0.29, 0.717) is 23.0 Å². The number of hydrogen-bond donors (Lipinski definition) is 0. The Balaban J connectivity index is 1.53. The van der Waals surface area contributed by atoms with E-state index in [4.69, 9.17) is 10.2 Å². The zero-order valence-corrected chi connectivity index (χ0v) is 19.1. The van der Waals surface area contributed by atoms with Crippen LogP contribution in [0.5, 0.6) is 0 Å². The second-order valence-corrected chi connectivity index (χ2v) is 9.10. The van der Waals surface area contributed by atoms with Gasteiger partial charge in [-0.25, -0.2) is 9.37 Å². The van der Waals surface area contributed by atoms with Crippen LogP contribution in [0.1, 0.15) is 16.7 Å². The molecule has 0 fully saturated rings. The lowest BCUT2D eigenvalue weighted by Gasteiger charge is -2.07. The Morgan fingerprint density at radius 1 is 0.969 bits per heavy atom. The summed E-state index contributed by atoms with van der Waals surface area (Å²) in [6.07, 6.45) is 0. The Labute approximate surface area is 196 Å². The number of nitriles is 1. The van der Waals surface area contributed by atoms with E-state index in [1.54, 1.807) is 24.3 Å². The fourth-order valence-electron chi connectivity index (χ4n) is 3.53. The molecule has 0 spiro atoms. The first-order valence-corrected chi connectivity index (χ1v) is 11.6. The molecule has 156 valence electrons. The summed E-state index contributed by atoms with van der Waals surface area (Å²) < 4.78 is 16.4. The van der Waals surface area contributed by atoms with Crippen molar-refractivity contribution in [3.63, 3.8) is 0 Å². The van der Waals surface area contributed by atoms with Gasteiger partial charge in [0.15, 0.2) is 5.65 Å². The summed E-state index contributed by atoms with van der Waals surface area (Å²) in [5, 5.41) is 19.3. The molecular formula is C24H15BrFN5S. The van der Waals surface area contributed by atoms with Crippen LogP contribution in [0.25, 0.3) is 22.1 Å². The lowest BCUT2D eigenvalue weighted by molar-refractivity contribution is 0.626. The molecule has 3 aromatic carbocycles. The van der Waals surface area contributed by atoms with E-state index >= 15 is 0 Å². The van der Waals surface area contributed by atoms with Crippen LogP contribution in [-0.4, -0.2) is 19.7 Å². The third-order valence-corrected chi connectivity index (χ3v) is 6.52. The zero-order valence-electron chi connectivity index (χ0n) is 16.7. The Hall–Kier alpha value is -3.28. The maximum Gasteiger partial charge on any atom is 0.211 e. The van der Waals surface area contributed by atoms with Gasteiger partial charge in [0, 0.05) is 22.2 Å². The smallest absolute Gasteiger partial charge is 0.211 e. The largest absolute Gasteiger partial charge is 0.319 e. The number of rotatable bonds is 5. The highest BCUT2D eigenvalue weighted by Crippen LogP contribution is 2.31. The van der Waals surface area contributed by atoms with Gasteiger partial charge in [-0.3, -0.25) is 0 Å². The van der Waals surface area contributed by atoms with Crippen molar-refractivity contribution in [2.24, 2.45) is 0 Å². The molecule has 5 rings (SSSR count). The van der Waals surface area contributed by atoms with Gasteiger partial charge in [0.05, 0.1) is 17.1 Å². The van der Waals surface area contributed by atoms with Gasteiger partial charge in [0.25, 0.3) is 0 Å². The maximum atomic E-state index is 13.4. The van der Waals surface area contributed by atoms with Gasteiger partial charge in [-0.15, -0.1) is 10.2 Å². The number of halogens is 2. The normalized spacial score (nSPS) is 11.2. The molecule has 0 saturated carbocycles. The first kappa shape index (κ1) is 20.6. The molecule has 0 unspecified atom stereocenters. The highest BCUT2D eigenvalue weighted by Gasteiger charge is 2.16. The monoisotopic (exact) mass is 503 g/mol. The molecule has 0 atom stereocenters. The third kappa shape index (κ3) is 4.09. The molecule has 32 heavy (non-hydrogen) atoms. The first-order valence-electron chi connectivity index (χ1n) is 9.79. The summed E-state index contributed by atoms with van der Waals surface area (Å²) in [7, 11) is 0. The van der Waals surface area contributed by atoms with Crippen molar-refractivity contribution in [3.8, 4) is 6.07 Å². The molecular weight excluding hydrogens is 489 g/mol. The molecule has 0 aliphatic heterocycles. The van der Waals surface area contributed by atoms with Gasteiger partial charge in [0.1, 0.15) is 11.3 Å². The Kier molecular flexibility index (Phi) is 5.60. The van der Waals surface area contributed by atoms with Crippen LogP contribution in [-0.2, 0) is 12.3 Å². The lowest BCUT2D eigenvalue weighted by Crippen LogP contribution is -2.02. The minimum atomic E-state index is -0.259. The maximum absolute atomic E-state index is 13.4. The van der Waals surface area contributed by atoms with Gasteiger partial charge in [0.2, 0.25) is 5.16 Å². The summed E-state index contributed by atoms with van der Waals surface area (Å²) in [4.78, 5) is 4.82. The van der Waals surface area contributed by atoms with Gasteiger partial charge < -0.3 is 4.57 Å². The summed E-state index contributed by atoms with van der Waals surface area (Å²) in [5.74, 6) is 0.410. The first-order chi connectivity index (χ1) is 15.6. The fraction of sp³-hybridized carbons (Fsp3) is 0.0833. The topological polar surface area (TPSA) is 67.4 Å². The molecule has 0 saturated heterocycles. The molecule has 2 aromatic heterocycles. The summed E-state index contributed by atoms with van der Waals surface area (Å²) in [5.41, 5.74) is 5.14. The van der Waals surface area contributed by atoms with Crippen molar-refractivity contribution in [1.29, 1.82) is 5.26 Å². The van der Waals surface area contributed by atoms with Crippen molar-refractivity contribution >= 4 is 49.8 Å². The molecule has 0 aliphatic rings. The van der Waals surface area contributed by atoms with Crippen LogP contribution in [0.2, 0.25) is 0 Å². The summed E-state index contributed by atoms with van der Waals surface area (Å²) >= 11 is 5.03. The molecule has 0 amide bonds. The second-order valence-electron chi connectivity index (χ2n) is 7.24. The summed E-state index contributed by atoms with van der Waals surface area (Å²) in [6, 6.07) is 22.1. The summed E-state index contributed by atoms with van der Waals surface area (Å²) in [6.45, 7) is 0.542. The second kappa shape index (κ2) is 8.69. The van der Waals surface area contributed by atoms with E-state index in [-0.39, 0.29) is 5.82 Å². The Bertz CT molecular complexity index is 1470. The number of benzene rings is 3. The number of fused-ring (bicyclic) bond motifs is 3. The molecule has 8 heteroatoms. The van der Waals surface area contributed by atoms with Crippen molar-refractivity contribution in [2.45, 2.75) is 17.5 Å². The fourth-order valence-corrected chi connectivity index (χ4v) is 4.63. The Morgan fingerprint density at radius 3 is 2.47 bits per heavy atom. The molecule has 0 N–H and O–H groups in total. The van der Waals surface area contributed by atoms with Gasteiger partial charge in [-0.2, -0.15) is 5.26 Å². The predicted octanol–water partition coefficient (Wildman–Crippen LogP) is 6.09. The number of hydrogen-bond acceptors (Lipinski definition) is 5. The standard InChI is InChI=1S/C24H15BrFN5S/c25-18-7-10-21-20(11-18)22-23(31(21)13-16-5-8-19(26)9-6-16)28-24(30-29-22)32-14-17-3-1-15(12-27)2-4-17/h1-11H,13-14H2. The van der Waals surface area contributed by atoms with Crippen LogP contribution < -0.4 is 0 Å². The average molecular weight is 504 g/mol. The van der Waals surface area contributed by atoms with Crippen LogP contribution in [0, 0.1) is 17.1 Å². The van der Waals surface area contributed by atoms with E-state index in [2.05, 4.69) is 36.8 Å². The molecule has 0 aliphatic carbocycles. The van der Waals surface area contributed by atoms with E-state index in [0.717, 1.165) is 37.7 Å². The molecule has 0 bridgehead atoms. The minimum Gasteiger partial charge on any atom is -0.319 e. The van der Waals surface area contributed by atoms with Crippen molar-refractivity contribution < 1.29 is 4.39 Å². The number of thioether (sulfide) groups is 1. The SMILES string of the molecule is N#Cc1ccc(CSc2nnc3c4cc(Br)ccc4n(Cc4ccc(F)cc4)c3n2)cc1. The quantitative estimate of drug-likeness (QED) is 0.271. The van der Waals surface area contributed by atoms with Crippen LogP contribution in [0.15, 0.2) is 76.4 Å². The molecule has 2 heterocycles. The van der Waals surface area contributed by atoms with Crippen molar-refractivity contribution in [1.82, 2.24) is 19.7 Å². The van der Waals surface area contributed by atoms with Gasteiger partial charge in [-0.1, -0.05) is 52.0 Å². The van der Waals surface area contributed by atoms with Crippen molar-refractivity contribution in [2.75, 3.05) is 0 Å². The highest BCUT2D eigenvalue weighted by atomic mass is 79.9. The van der Waals surface area contributed by atoms with Gasteiger partial charge in [-0.05, 0) is 53.6 Å². The van der Waals surface area contributed by atoms with Crippen LogP contribution in [0.3, 0.4) is 0 Å². The number of aromatic nitrogens is 4.